The van der Waals surface area contributed by atoms with Crippen LogP contribution in [0.4, 0.5) is 5.95 Å². The van der Waals surface area contributed by atoms with Crippen LogP contribution in [0.3, 0.4) is 0 Å². The maximum Gasteiger partial charge on any atom is 0.246 e. The molecule has 3 heterocycles. The zero-order valence-electron chi connectivity index (χ0n) is 10.8. The highest BCUT2D eigenvalue weighted by Crippen LogP contribution is 2.15. The van der Waals surface area contributed by atoms with Crippen LogP contribution in [-0.4, -0.2) is 32.1 Å². The van der Waals surface area contributed by atoms with Gasteiger partial charge in [-0.05, 0) is 18.2 Å². The van der Waals surface area contributed by atoms with Crippen molar-refractivity contribution in [2.24, 2.45) is 0 Å². The van der Waals surface area contributed by atoms with E-state index in [1.54, 1.807) is 30.9 Å². The van der Waals surface area contributed by atoms with Crippen LogP contribution in [0.15, 0.2) is 47.5 Å². The van der Waals surface area contributed by atoms with E-state index in [4.69, 9.17) is 4.52 Å². The van der Waals surface area contributed by atoms with Crippen LogP contribution in [0.2, 0.25) is 0 Å². The lowest BCUT2D eigenvalue weighted by Crippen LogP contribution is -2.18. The number of pyridine rings is 1. The highest BCUT2D eigenvalue weighted by atomic mass is 16.5. The van der Waals surface area contributed by atoms with Crippen LogP contribution in [0, 0.1) is 0 Å². The highest BCUT2D eigenvalue weighted by molar-refractivity contribution is 5.52. The molecule has 7 nitrogen and oxygen atoms in total. The van der Waals surface area contributed by atoms with Crippen LogP contribution in [0.5, 0.6) is 0 Å². The first-order chi connectivity index (χ1) is 9.83. The third-order valence-electron chi connectivity index (χ3n) is 2.67. The van der Waals surface area contributed by atoms with Crippen molar-refractivity contribution < 1.29 is 4.52 Å². The Morgan fingerprint density at radius 2 is 1.85 bits per heavy atom. The summed E-state index contributed by atoms with van der Waals surface area (Å²) in [6.07, 6.45) is 6.76. The highest BCUT2D eigenvalue weighted by Gasteiger charge is 2.12. The summed E-state index contributed by atoms with van der Waals surface area (Å²) >= 11 is 0. The van der Waals surface area contributed by atoms with Crippen molar-refractivity contribution in [3.63, 3.8) is 0 Å². The normalized spacial score (nSPS) is 10.4. The molecular formula is C13H12N6O. The maximum atomic E-state index is 5.23. The number of hydrogen-bond donors (Lipinski definition) is 0. The van der Waals surface area contributed by atoms with E-state index in [0.29, 0.717) is 24.2 Å². The largest absolute Gasteiger partial charge is 0.337 e. The summed E-state index contributed by atoms with van der Waals surface area (Å²) in [6.45, 7) is 0.447. The average Bonchev–Trinajstić information content (AvgIpc) is 2.97. The molecule has 0 aromatic carbocycles. The minimum atomic E-state index is 0.447. The Morgan fingerprint density at radius 1 is 1.10 bits per heavy atom. The van der Waals surface area contributed by atoms with Gasteiger partial charge in [-0.3, -0.25) is 4.98 Å². The Hall–Kier alpha value is -2.83. The first-order valence-corrected chi connectivity index (χ1v) is 6.04. The number of nitrogens with zero attached hydrogens (tertiary/aromatic N) is 6. The monoisotopic (exact) mass is 268 g/mol. The molecule has 0 saturated heterocycles. The summed E-state index contributed by atoms with van der Waals surface area (Å²) in [5.74, 6) is 1.66. The minimum Gasteiger partial charge on any atom is -0.337 e. The molecule has 100 valence electrons. The van der Waals surface area contributed by atoms with Gasteiger partial charge >= 0.3 is 0 Å². The Morgan fingerprint density at radius 3 is 2.60 bits per heavy atom. The molecular weight excluding hydrogens is 256 g/mol. The first kappa shape index (κ1) is 12.2. The van der Waals surface area contributed by atoms with Crippen LogP contribution in [0.1, 0.15) is 5.89 Å². The molecule has 3 aromatic heterocycles. The first-order valence-electron chi connectivity index (χ1n) is 6.04. The zero-order chi connectivity index (χ0) is 13.8. The van der Waals surface area contributed by atoms with E-state index < -0.39 is 0 Å². The van der Waals surface area contributed by atoms with Crippen LogP contribution in [-0.2, 0) is 6.54 Å². The topological polar surface area (TPSA) is 80.8 Å². The molecule has 0 aliphatic heterocycles. The Kier molecular flexibility index (Phi) is 3.32. The van der Waals surface area contributed by atoms with E-state index in [1.807, 2.05) is 24.1 Å². The lowest BCUT2D eigenvalue weighted by Gasteiger charge is -2.13. The van der Waals surface area contributed by atoms with Crippen molar-refractivity contribution in [1.29, 1.82) is 0 Å². The number of rotatable bonds is 4. The molecule has 0 unspecified atom stereocenters. The number of anilines is 1. The molecule has 0 amide bonds. The quantitative estimate of drug-likeness (QED) is 0.710. The van der Waals surface area contributed by atoms with Crippen molar-refractivity contribution in [3.05, 3.63) is 48.9 Å². The smallest absolute Gasteiger partial charge is 0.246 e. The standard InChI is InChI=1S/C13H12N6O/c1-19(13-15-5-2-6-16-13)9-11-17-12(18-20-11)10-3-7-14-8-4-10/h2-8H,9H2,1H3. The third kappa shape index (κ3) is 2.61. The second kappa shape index (κ2) is 5.43. The fourth-order valence-corrected chi connectivity index (χ4v) is 1.70. The number of aromatic nitrogens is 5. The summed E-state index contributed by atoms with van der Waals surface area (Å²) in [5.41, 5.74) is 0.869. The fourth-order valence-electron chi connectivity index (χ4n) is 1.70. The molecule has 0 spiro atoms. The molecule has 0 radical (unpaired) electrons. The van der Waals surface area contributed by atoms with E-state index >= 15 is 0 Å². The molecule has 0 N–H and O–H groups in total. The summed E-state index contributed by atoms with van der Waals surface area (Å²) in [6, 6.07) is 5.43. The van der Waals surface area contributed by atoms with E-state index in [1.165, 1.54) is 0 Å². The summed E-state index contributed by atoms with van der Waals surface area (Å²) < 4.78 is 5.23. The van der Waals surface area contributed by atoms with Gasteiger partial charge < -0.3 is 9.42 Å². The van der Waals surface area contributed by atoms with Crippen LogP contribution < -0.4 is 4.90 Å². The summed E-state index contributed by atoms with van der Waals surface area (Å²) in [7, 11) is 1.87. The lowest BCUT2D eigenvalue weighted by molar-refractivity contribution is 0.378. The van der Waals surface area contributed by atoms with Gasteiger partial charge in [0, 0.05) is 37.4 Å². The van der Waals surface area contributed by atoms with Gasteiger partial charge in [0.15, 0.2) is 0 Å². The molecule has 7 heteroatoms. The van der Waals surface area contributed by atoms with Gasteiger partial charge in [0.1, 0.15) is 0 Å². The van der Waals surface area contributed by atoms with Crippen molar-refractivity contribution in [3.8, 4) is 11.4 Å². The molecule has 3 aromatic rings. The zero-order valence-corrected chi connectivity index (χ0v) is 10.8. The molecule has 0 aliphatic carbocycles. The second-order valence-corrected chi connectivity index (χ2v) is 4.15. The molecule has 3 rings (SSSR count). The molecule has 0 bridgehead atoms. The van der Waals surface area contributed by atoms with Crippen LogP contribution >= 0.6 is 0 Å². The molecule has 0 atom stereocenters. The minimum absolute atomic E-state index is 0.447. The predicted molar refractivity (Wildman–Crippen MR) is 71.7 cm³/mol. The van der Waals surface area contributed by atoms with E-state index in [9.17, 15) is 0 Å². The van der Waals surface area contributed by atoms with Crippen molar-refractivity contribution >= 4 is 5.95 Å². The van der Waals surface area contributed by atoms with Gasteiger partial charge in [0.25, 0.3) is 0 Å². The van der Waals surface area contributed by atoms with E-state index in [-0.39, 0.29) is 0 Å². The predicted octanol–water partition coefficient (Wildman–Crippen LogP) is 1.56. The fraction of sp³-hybridized carbons (Fsp3) is 0.154. The maximum absolute atomic E-state index is 5.23. The SMILES string of the molecule is CN(Cc1nc(-c2ccncc2)no1)c1ncccn1. The molecule has 20 heavy (non-hydrogen) atoms. The van der Waals surface area contributed by atoms with Gasteiger partial charge in [-0.1, -0.05) is 5.16 Å². The Balaban J connectivity index is 1.75. The van der Waals surface area contributed by atoms with E-state index in [0.717, 1.165) is 5.56 Å². The molecule has 0 aliphatic rings. The van der Waals surface area contributed by atoms with Gasteiger partial charge in [-0.25, -0.2) is 9.97 Å². The van der Waals surface area contributed by atoms with Gasteiger partial charge in [-0.2, -0.15) is 4.98 Å². The van der Waals surface area contributed by atoms with Crippen molar-refractivity contribution in [2.45, 2.75) is 6.54 Å². The van der Waals surface area contributed by atoms with Gasteiger partial charge in [0.2, 0.25) is 17.7 Å². The Labute approximate surface area is 115 Å². The second-order valence-electron chi connectivity index (χ2n) is 4.15. The number of hydrogen-bond acceptors (Lipinski definition) is 7. The lowest BCUT2D eigenvalue weighted by atomic mass is 10.2. The van der Waals surface area contributed by atoms with E-state index in [2.05, 4.69) is 25.1 Å². The third-order valence-corrected chi connectivity index (χ3v) is 2.67. The summed E-state index contributed by atoms with van der Waals surface area (Å²) in [4.78, 5) is 18.4. The van der Waals surface area contributed by atoms with Gasteiger partial charge in [0.05, 0.1) is 6.54 Å². The molecule has 0 fully saturated rings. The van der Waals surface area contributed by atoms with Gasteiger partial charge in [-0.15, -0.1) is 0 Å². The van der Waals surface area contributed by atoms with Crippen molar-refractivity contribution in [2.75, 3.05) is 11.9 Å². The Bertz CT molecular complexity index is 670. The average molecular weight is 268 g/mol. The summed E-state index contributed by atoms with van der Waals surface area (Å²) in [5, 5.41) is 3.95. The molecule has 0 saturated carbocycles. The van der Waals surface area contributed by atoms with Crippen LogP contribution in [0.25, 0.3) is 11.4 Å². The van der Waals surface area contributed by atoms with Crippen molar-refractivity contribution in [1.82, 2.24) is 25.1 Å².